The van der Waals surface area contributed by atoms with E-state index < -0.39 is 5.60 Å². The summed E-state index contributed by atoms with van der Waals surface area (Å²) in [5.74, 6) is 0. The van der Waals surface area contributed by atoms with Gasteiger partial charge in [-0.15, -0.1) is 0 Å². The van der Waals surface area contributed by atoms with Crippen molar-refractivity contribution in [2.75, 3.05) is 5.32 Å². The molecule has 2 atom stereocenters. The van der Waals surface area contributed by atoms with Gasteiger partial charge in [0.25, 0.3) is 0 Å². The zero-order valence-electron chi connectivity index (χ0n) is 11.4. The standard InChI is InChI=1S/C17H18BrNO/c1-17(20,13-7-3-4-8-14(13)18)16-11-10-12-6-2-5-9-15(12)19-16/h2-9,16,19-20H,10-11H2,1H3. The second-order valence-electron chi connectivity index (χ2n) is 5.52. The van der Waals surface area contributed by atoms with E-state index in [4.69, 9.17) is 0 Å². The van der Waals surface area contributed by atoms with Gasteiger partial charge in [0.15, 0.2) is 0 Å². The molecule has 0 saturated heterocycles. The zero-order chi connectivity index (χ0) is 14.2. The summed E-state index contributed by atoms with van der Waals surface area (Å²) >= 11 is 3.54. The third kappa shape index (κ3) is 2.36. The predicted molar refractivity (Wildman–Crippen MR) is 85.9 cm³/mol. The normalized spacial score (nSPS) is 20.6. The van der Waals surface area contributed by atoms with Crippen molar-refractivity contribution in [3.8, 4) is 0 Å². The van der Waals surface area contributed by atoms with Crippen LogP contribution in [0.4, 0.5) is 5.69 Å². The van der Waals surface area contributed by atoms with Gasteiger partial charge in [0.1, 0.15) is 5.60 Å². The average Bonchev–Trinajstić information content (AvgIpc) is 2.47. The quantitative estimate of drug-likeness (QED) is 0.868. The van der Waals surface area contributed by atoms with E-state index in [9.17, 15) is 5.11 Å². The molecule has 2 nitrogen and oxygen atoms in total. The molecule has 1 aliphatic rings. The maximum atomic E-state index is 11.0. The number of fused-ring (bicyclic) bond motifs is 1. The number of aliphatic hydroxyl groups is 1. The molecule has 3 heteroatoms. The maximum absolute atomic E-state index is 11.0. The molecule has 2 N–H and O–H groups in total. The Morgan fingerprint density at radius 1 is 1.15 bits per heavy atom. The molecule has 104 valence electrons. The summed E-state index contributed by atoms with van der Waals surface area (Å²) in [7, 11) is 0. The molecular weight excluding hydrogens is 314 g/mol. The molecule has 20 heavy (non-hydrogen) atoms. The lowest BCUT2D eigenvalue weighted by Gasteiger charge is -2.38. The molecule has 1 heterocycles. The topological polar surface area (TPSA) is 32.3 Å². The van der Waals surface area contributed by atoms with E-state index in [0.29, 0.717) is 0 Å². The summed E-state index contributed by atoms with van der Waals surface area (Å²) < 4.78 is 0.950. The summed E-state index contributed by atoms with van der Waals surface area (Å²) in [6.45, 7) is 1.89. The van der Waals surface area contributed by atoms with Crippen LogP contribution < -0.4 is 5.32 Å². The first-order valence-electron chi connectivity index (χ1n) is 6.91. The molecule has 2 aromatic rings. The van der Waals surface area contributed by atoms with Crippen LogP contribution in [0.2, 0.25) is 0 Å². The minimum absolute atomic E-state index is 0.0103. The summed E-state index contributed by atoms with van der Waals surface area (Å²) in [5, 5.41) is 14.5. The SMILES string of the molecule is CC(O)(c1ccccc1Br)C1CCc2ccccc2N1. The molecular formula is C17H18BrNO. The Kier molecular flexibility index (Phi) is 3.57. The van der Waals surface area contributed by atoms with Crippen molar-refractivity contribution in [2.45, 2.75) is 31.4 Å². The molecule has 2 unspecified atom stereocenters. The summed E-state index contributed by atoms with van der Waals surface area (Å²) in [6, 6.07) is 16.2. The monoisotopic (exact) mass is 331 g/mol. The molecule has 0 aliphatic carbocycles. The van der Waals surface area contributed by atoms with Gasteiger partial charge in [-0.3, -0.25) is 0 Å². The molecule has 2 aromatic carbocycles. The third-order valence-corrected chi connectivity index (χ3v) is 4.84. The number of para-hydroxylation sites is 1. The predicted octanol–water partition coefficient (Wildman–Crippen LogP) is 4.08. The van der Waals surface area contributed by atoms with Gasteiger partial charge in [0.2, 0.25) is 0 Å². The third-order valence-electron chi connectivity index (χ3n) is 4.15. The van der Waals surface area contributed by atoms with Crippen LogP contribution in [0.5, 0.6) is 0 Å². The van der Waals surface area contributed by atoms with Gasteiger partial charge in [-0.05, 0) is 43.0 Å². The number of hydrogen-bond acceptors (Lipinski definition) is 2. The van der Waals surface area contributed by atoms with Gasteiger partial charge in [-0.1, -0.05) is 52.3 Å². The van der Waals surface area contributed by atoms with Crippen molar-refractivity contribution in [1.29, 1.82) is 0 Å². The summed E-state index contributed by atoms with van der Waals surface area (Å²) in [6.07, 6.45) is 1.92. The molecule has 0 aromatic heterocycles. The van der Waals surface area contributed by atoms with Crippen molar-refractivity contribution in [2.24, 2.45) is 0 Å². The highest BCUT2D eigenvalue weighted by Crippen LogP contribution is 2.37. The van der Waals surface area contributed by atoms with Crippen LogP contribution in [-0.2, 0) is 12.0 Å². The van der Waals surface area contributed by atoms with Crippen molar-refractivity contribution < 1.29 is 5.11 Å². The second kappa shape index (κ2) is 5.23. The van der Waals surface area contributed by atoms with E-state index in [2.05, 4.69) is 39.4 Å². The zero-order valence-corrected chi connectivity index (χ0v) is 13.0. The Labute approximate surface area is 128 Å². The number of anilines is 1. The summed E-state index contributed by atoms with van der Waals surface area (Å²) in [5.41, 5.74) is 2.48. The van der Waals surface area contributed by atoms with Crippen molar-refractivity contribution in [3.05, 3.63) is 64.1 Å². The fourth-order valence-corrected chi connectivity index (χ4v) is 3.61. The first-order valence-corrected chi connectivity index (χ1v) is 7.70. The first-order chi connectivity index (χ1) is 9.59. The number of rotatable bonds is 2. The highest BCUT2D eigenvalue weighted by Gasteiger charge is 2.36. The smallest absolute Gasteiger partial charge is 0.108 e. The largest absolute Gasteiger partial charge is 0.383 e. The molecule has 0 fully saturated rings. The fraction of sp³-hybridized carbons (Fsp3) is 0.294. The van der Waals surface area contributed by atoms with E-state index in [0.717, 1.165) is 28.6 Å². The highest BCUT2D eigenvalue weighted by molar-refractivity contribution is 9.10. The van der Waals surface area contributed by atoms with Gasteiger partial charge in [0, 0.05) is 10.2 Å². The first kappa shape index (κ1) is 13.7. The fourth-order valence-electron chi connectivity index (χ4n) is 2.92. The van der Waals surface area contributed by atoms with Gasteiger partial charge in [-0.25, -0.2) is 0 Å². The van der Waals surface area contributed by atoms with Crippen LogP contribution >= 0.6 is 15.9 Å². The number of hydrogen-bond donors (Lipinski definition) is 2. The Bertz CT molecular complexity index is 624. The van der Waals surface area contributed by atoms with Gasteiger partial charge in [-0.2, -0.15) is 0 Å². The molecule has 0 saturated carbocycles. The van der Waals surface area contributed by atoms with Crippen molar-refractivity contribution >= 4 is 21.6 Å². The number of aryl methyl sites for hydroxylation is 1. The molecule has 3 rings (SSSR count). The van der Waals surface area contributed by atoms with E-state index in [1.807, 2.05) is 37.3 Å². The van der Waals surface area contributed by atoms with Crippen LogP contribution in [0.25, 0.3) is 0 Å². The van der Waals surface area contributed by atoms with Gasteiger partial charge in [0.05, 0.1) is 6.04 Å². The average molecular weight is 332 g/mol. The number of halogens is 1. The van der Waals surface area contributed by atoms with Gasteiger partial charge < -0.3 is 10.4 Å². The Hall–Kier alpha value is -1.32. The minimum Gasteiger partial charge on any atom is -0.383 e. The van der Waals surface area contributed by atoms with Crippen molar-refractivity contribution in [1.82, 2.24) is 0 Å². The van der Waals surface area contributed by atoms with Crippen LogP contribution in [-0.4, -0.2) is 11.1 Å². The van der Waals surface area contributed by atoms with Gasteiger partial charge >= 0.3 is 0 Å². The van der Waals surface area contributed by atoms with Crippen molar-refractivity contribution in [3.63, 3.8) is 0 Å². The number of benzene rings is 2. The highest BCUT2D eigenvalue weighted by atomic mass is 79.9. The van der Waals surface area contributed by atoms with E-state index in [1.165, 1.54) is 5.56 Å². The second-order valence-corrected chi connectivity index (χ2v) is 6.37. The van der Waals surface area contributed by atoms with Crippen LogP contribution in [0, 0.1) is 0 Å². The van der Waals surface area contributed by atoms with E-state index >= 15 is 0 Å². The Morgan fingerprint density at radius 3 is 2.65 bits per heavy atom. The minimum atomic E-state index is -0.909. The summed E-state index contributed by atoms with van der Waals surface area (Å²) in [4.78, 5) is 0. The van der Waals surface area contributed by atoms with Crippen LogP contribution in [0.1, 0.15) is 24.5 Å². The lowest BCUT2D eigenvalue weighted by atomic mass is 9.82. The molecule has 0 bridgehead atoms. The molecule has 0 amide bonds. The molecule has 1 aliphatic heterocycles. The number of nitrogens with one attached hydrogen (secondary N) is 1. The lowest BCUT2D eigenvalue weighted by Crippen LogP contribution is -2.44. The van der Waals surface area contributed by atoms with E-state index in [1.54, 1.807) is 0 Å². The Balaban J connectivity index is 1.92. The molecule has 0 spiro atoms. The van der Waals surface area contributed by atoms with Crippen LogP contribution in [0.15, 0.2) is 53.0 Å². The lowest BCUT2D eigenvalue weighted by molar-refractivity contribution is 0.0315. The Morgan fingerprint density at radius 2 is 1.85 bits per heavy atom. The van der Waals surface area contributed by atoms with Crippen LogP contribution in [0.3, 0.4) is 0 Å². The molecule has 0 radical (unpaired) electrons. The van der Waals surface area contributed by atoms with E-state index in [-0.39, 0.29) is 6.04 Å². The maximum Gasteiger partial charge on any atom is 0.108 e.